The lowest BCUT2D eigenvalue weighted by molar-refractivity contribution is 0.131. The quantitative estimate of drug-likeness (QED) is 0.757. The first-order valence-corrected chi connectivity index (χ1v) is 8.37. The molecule has 0 radical (unpaired) electrons. The van der Waals surface area contributed by atoms with Crippen molar-refractivity contribution >= 4 is 0 Å². The van der Waals surface area contributed by atoms with Gasteiger partial charge in [-0.1, -0.05) is 12.1 Å². The van der Waals surface area contributed by atoms with Crippen LogP contribution >= 0.6 is 0 Å². The van der Waals surface area contributed by atoms with E-state index in [1.54, 1.807) is 6.20 Å². The van der Waals surface area contributed by atoms with Crippen molar-refractivity contribution in [2.45, 2.75) is 58.6 Å². The Kier molecular flexibility index (Phi) is 6.22. The van der Waals surface area contributed by atoms with Crippen LogP contribution in [0.25, 0.3) is 0 Å². The van der Waals surface area contributed by atoms with Gasteiger partial charge in [0.2, 0.25) is 0 Å². The summed E-state index contributed by atoms with van der Waals surface area (Å²) in [6, 6.07) is 8.40. The monoisotopic (exact) mass is 316 g/mol. The maximum Gasteiger partial charge on any atom is 0.120 e. The van der Waals surface area contributed by atoms with Crippen molar-refractivity contribution in [1.29, 1.82) is 0 Å². The van der Waals surface area contributed by atoms with E-state index in [1.165, 1.54) is 5.56 Å². The van der Waals surface area contributed by atoms with Gasteiger partial charge in [0.15, 0.2) is 0 Å². The fourth-order valence-corrected chi connectivity index (χ4v) is 2.56. The molecule has 0 bridgehead atoms. The minimum absolute atomic E-state index is 0.153. The molecule has 1 aromatic carbocycles. The summed E-state index contributed by atoms with van der Waals surface area (Å²) < 4.78 is 7.97. The molecule has 0 atom stereocenters. The van der Waals surface area contributed by atoms with Crippen LogP contribution in [-0.4, -0.2) is 26.9 Å². The largest absolute Gasteiger partial charge is 0.488 e. The second-order valence-electron chi connectivity index (χ2n) is 6.83. The van der Waals surface area contributed by atoms with E-state index in [9.17, 15) is 0 Å². The number of aliphatic hydroxyl groups is 1. The Morgan fingerprint density at radius 2 is 1.83 bits per heavy atom. The summed E-state index contributed by atoms with van der Waals surface area (Å²) in [6.07, 6.45) is 7.73. The highest BCUT2D eigenvalue weighted by Gasteiger charge is 2.11. The summed E-state index contributed by atoms with van der Waals surface area (Å²) in [5.74, 6) is 1.89. The lowest BCUT2D eigenvalue weighted by atomic mass is 10.1. The van der Waals surface area contributed by atoms with E-state index in [2.05, 4.69) is 54.6 Å². The van der Waals surface area contributed by atoms with E-state index in [1.807, 2.05) is 6.20 Å². The highest BCUT2D eigenvalue weighted by molar-refractivity contribution is 5.27. The summed E-state index contributed by atoms with van der Waals surface area (Å²) in [5, 5.41) is 9.01. The number of hydrogen-bond acceptors (Lipinski definition) is 3. The standard InChI is InChI=1S/C19H28N2O2/c1-19(2,3)23-17-9-7-16(8-10-17)6-4-5-13-21-14-12-20-18(21)11-15-22/h7-10,12,14,22H,4-6,11,13,15H2,1-3H3. The second kappa shape index (κ2) is 8.16. The zero-order valence-electron chi connectivity index (χ0n) is 14.5. The summed E-state index contributed by atoms with van der Waals surface area (Å²) in [6.45, 7) is 7.28. The fraction of sp³-hybridized carbons (Fsp3) is 0.526. The van der Waals surface area contributed by atoms with Gasteiger partial charge in [-0.2, -0.15) is 0 Å². The number of ether oxygens (including phenoxy) is 1. The van der Waals surface area contributed by atoms with Crippen LogP contribution in [0.5, 0.6) is 5.75 Å². The first-order valence-electron chi connectivity index (χ1n) is 8.37. The fourth-order valence-electron chi connectivity index (χ4n) is 2.56. The number of unbranched alkanes of at least 4 members (excludes halogenated alkanes) is 1. The van der Waals surface area contributed by atoms with Gasteiger partial charge in [0.1, 0.15) is 17.2 Å². The molecule has 1 N–H and O–H groups in total. The first-order chi connectivity index (χ1) is 11.0. The molecule has 2 aromatic rings. The normalized spacial score (nSPS) is 11.7. The Hall–Kier alpha value is -1.81. The van der Waals surface area contributed by atoms with Crippen LogP contribution in [0.1, 0.15) is 45.0 Å². The van der Waals surface area contributed by atoms with E-state index in [-0.39, 0.29) is 12.2 Å². The number of nitrogens with zero attached hydrogens (tertiary/aromatic N) is 2. The van der Waals surface area contributed by atoms with Crippen molar-refractivity contribution in [2.24, 2.45) is 0 Å². The van der Waals surface area contributed by atoms with Gasteiger partial charge in [0.05, 0.1) is 6.61 Å². The van der Waals surface area contributed by atoms with Gasteiger partial charge in [-0.05, 0) is 57.7 Å². The minimum Gasteiger partial charge on any atom is -0.488 e. The number of aliphatic hydroxyl groups excluding tert-OH is 1. The Labute approximate surface area is 139 Å². The predicted molar refractivity (Wildman–Crippen MR) is 92.8 cm³/mol. The lowest BCUT2D eigenvalue weighted by Crippen LogP contribution is -2.22. The molecule has 2 rings (SSSR count). The average molecular weight is 316 g/mol. The molecule has 0 saturated carbocycles. The third kappa shape index (κ3) is 6.06. The summed E-state index contributed by atoms with van der Waals surface area (Å²) >= 11 is 0. The van der Waals surface area contributed by atoms with Crippen LogP contribution in [0.3, 0.4) is 0 Å². The summed E-state index contributed by atoms with van der Waals surface area (Å²) in [5.41, 5.74) is 1.19. The number of aryl methyl sites for hydroxylation is 2. The molecule has 4 heteroatoms. The zero-order valence-corrected chi connectivity index (χ0v) is 14.5. The van der Waals surface area contributed by atoms with Gasteiger partial charge in [-0.15, -0.1) is 0 Å². The van der Waals surface area contributed by atoms with Gasteiger partial charge in [-0.3, -0.25) is 0 Å². The van der Waals surface area contributed by atoms with Gasteiger partial charge < -0.3 is 14.4 Å². The molecule has 126 valence electrons. The number of imidazole rings is 1. The zero-order chi connectivity index (χ0) is 16.7. The molecule has 0 amide bonds. The van der Waals surface area contributed by atoms with Crippen molar-refractivity contribution in [3.05, 3.63) is 48.0 Å². The third-order valence-corrected chi connectivity index (χ3v) is 3.60. The van der Waals surface area contributed by atoms with Crippen LogP contribution in [0.15, 0.2) is 36.7 Å². The molecule has 0 unspecified atom stereocenters. The number of hydrogen-bond donors (Lipinski definition) is 1. The Morgan fingerprint density at radius 3 is 2.48 bits per heavy atom. The highest BCUT2D eigenvalue weighted by Crippen LogP contribution is 2.19. The molecule has 1 heterocycles. The first kappa shape index (κ1) is 17.5. The predicted octanol–water partition coefficient (Wildman–Crippen LogP) is 3.62. The van der Waals surface area contributed by atoms with Crippen molar-refractivity contribution in [3.63, 3.8) is 0 Å². The molecule has 0 fully saturated rings. The minimum atomic E-state index is -0.154. The Bertz CT molecular complexity index is 582. The van der Waals surface area contributed by atoms with E-state index >= 15 is 0 Å². The van der Waals surface area contributed by atoms with E-state index in [0.29, 0.717) is 6.42 Å². The maximum absolute atomic E-state index is 9.01. The summed E-state index contributed by atoms with van der Waals surface area (Å²) in [4.78, 5) is 4.27. The molecule has 0 aliphatic rings. The Morgan fingerprint density at radius 1 is 1.09 bits per heavy atom. The van der Waals surface area contributed by atoms with Crippen LogP contribution in [-0.2, 0) is 19.4 Å². The maximum atomic E-state index is 9.01. The molecular weight excluding hydrogens is 288 g/mol. The third-order valence-electron chi connectivity index (χ3n) is 3.60. The van der Waals surface area contributed by atoms with E-state index < -0.39 is 0 Å². The number of benzene rings is 1. The molecule has 0 saturated heterocycles. The van der Waals surface area contributed by atoms with Crippen molar-refractivity contribution in [1.82, 2.24) is 9.55 Å². The molecule has 4 nitrogen and oxygen atoms in total. The average Bonchev–Trinajstić information content (AvgIpc) is 2.91. The molecular formula is C19H28N2O2. The number of aromatic nitrogens is 2. The highest BCUT2D eigenvalue weighted by atomic mass is 16.5. The smallest absolute Gasteiger partial charge is 0.120 e. The van der Waals surface area contributed by atoms with Crippen molar-refractivity contribution in [2.75, 3.05) is 6.61 Å². The SMILES string of the molecule is CC(C)(C)Oc1ccc(CCCCn2ccnc2CCO)cc1. The topological polar surface area (TPSA) is 47.3 Å². The number of rotatable bonds is 8. The Balaban J connectivity index is 1.75. The van der Waals surface area contributed by atoms with Crippen molar-refractivity contribution < 1.29 is 9.84 Å². The van der Waals surface area contributed by atoms with Crippen LogP contribution in [0.2, 0.25) is 0 Å². The summed E-state index contributed by atoms with van der Waals surface area (Å²) in [7, 11) is 0. The molecule has 1 aromatic heterocycles. The molecule has 23 heavy (non-hydrogen) atoms. The van der Waals surface area contributed by atoms with Crippen molar-refractivity contribution in [3.8, 4) is 5.75 Å². The molecule has 0 aliphatic carbocycles. The molecule has 0 aliphatic heterocycles. The second-order valence-corrected chi connectivity index (χ2v) is 6.83. The van der Waals surface area contributed by atoms with E-state index in [0.717, 1.165) is 37.4 Å². The lowest BCUT2D eigenvalue weighted by Gasteiger charge is -2.21. The van der Waals surface area contributed by atoms with Gasteiger partial charge in [0.25, 0.3) is 0 Å². The van der Waals surface area contributed by atoms with Crippen LogP contribution in [0.4, 0.5) is 0 Å². The van der Waals surface area contributed by atoms with Gasteiger partial charge >= 0.3 is 0 Å². The molecule has 0 spiro atoms. The van der Waals surface area contributed by atoms with Crippen LogP contribution < -0.4 is 4.74 Å². The van der Waals surface area contributed by atoms with E-state index in [4.69, 9.17) is 9.84 Å². The van der Waals surface area contributed by atoms with Gasteiger partial charge in [-0.25, -0.2) is 4.98 Å². The van der Waals surface area contributed by atoms with Gasteiger partial charge in [0, 0.05) is 25.4 Å². The van der Waals surface area contributed by atoms with Crippen LogP contribution in [0, 0.1) is 0 Å².